The van der Waals surface area contributed by atoms with Crippen molar-refractivity contribution < 1.29 is 9.53 Å². The molecule has 0 radical (unpaired) electrons. The van der Waals surface area contributed by atoms with Gasteiger partial charge in [0.1, 0.15) is 5.75 Å². The zero-order chi connectivity index (χ0) is 16.7. The van der Waals surface area contributed by atoms with Crippen LogP contribution in [0, 0.1) is 13.8 Å². The highest BCUT2D eigenvalue weighted by atomic mass is 32.1. The lowest BCUT2D eigenvalue weighted by Gasteiger charge is -2.17. The summed E-state index contributed by atoms with van der Waals surface area (Å²) in [4.78, 5) is 18.9. The first-order valence-corrected chi connectivity index (χ1v) is 8.46. The van der Waals surface area contributed by atoms with Crippen LogP contribution in [-0.4, -0.2) is 36.1 Å². The predicted molar refractivity (Wildman–Crippen MR) is 93.0 cm³/mol. The van der Waals surface area contributed by atoms with Gasteiger partial charge >= 0.3 is 6.03 Å². The van der Waals surface area contributed by atoms with Crippen LogP contribution >= 0.6 is 11.3 Å². The zero-order valence-electron chi connectivity index (χ0n) is 13.8. The van der Waals surface area contributed by atoms with Crippen LogP contribution in [0.1, 0.15) is 21.9 Å². The van der Waals surface area contributed by atoms with Crippen LogP contribution in [0.4, 0.5) is 4.79 Å². The molecule has 0 atom stereocenters. The van der Waals surface area contributed by atoms with Gasteiger partial charge in [-0.2, -0.15) is 0 Å². The normalized spacial score (nSPS) is 10.4. The molecular weight excluding hydrogens is 310 g/mol. The van der Waals surface area contributed by atoms with Crippen molar-refractivity contribution in [2.24, 2.45) is 0 Å². The fraction of sp³-hybridized carbons (Fsp3) is 0.412. The van der Waals surface area contributed by atoms with E-state index >= 15 is 0 Å². The van der Waals surface area contributed by atoms with E-state index in [9.17, 15) is 4.79 Å². The maximum atomic E-state index is 12.0. The fourth-order valence-electron chi connectivity index (χ4n) is 2.01. The Hall–Kier alpha value is -2.08. The van der Waals surface area contributed by atoms with Crippen molar-refractivity contribution in [3.8, 4) is 5.75 Å². The van der Waals surface area contributed by atoms with Crippen LogP contribution in [0.25, 0.3) is 0 Å². The van der Waals surface area contributed by atoms with Gasteiger partial charge < -0.3 is 15.0 Å². The Balaban J connectivity index is 1.61. The molecule has 2 amide bonds. The van der Waals surface area contributed by atoms with Crippen molar-refractivity contribution >= 4 is 17.4 Å². The van der Waals surface area contributed by atoms with Gasteiger partial charge in [0.15, 0.2) is 0 Å². The molecule has 23 heavy (non-hydrogen) atoms. The summed E-state index contributed by atoms with van der Waals surface area (Å²) in [6.07, 6.45) is 2.59. The van der Waals surface area contributed by atoms with E-state index in [4.69, 9.17) is 4.74 Å². The van der Waals surface area contributed by atoms with Crippen molar-refractivity contribution in [1.29, 1.82) is 0 Å². The molecule has 5 nitrogen and oxygen atoms in total. The number of rotatable bonds is 7. The lowest BCUT2D eigenvalue weighted by Crippen LogP contribution is -2.37. The van der Waals surface area contributed by atoms with Gasteiger partial charge in [-0.05, 0) is 32.4 Å². The van der Waals surface area contributed by atoms with E-state index < -0.39 is 0 Å². The zero-order valence-corrected chi connectivity index (χ0v) is 14.7. The quantitative estimate of drug-likeness (QED) is 0.790. The second-order valence-corrected chi connectivity index (χ2v) is 6.77. The van der Waals surface area contributed by atoms with Gasteiger partial charge in [0.05, 0.1) is 18.2 Å². The molecule has 0 fully saturated rings. The van der Waals surface area contributed by atoms with Crippen molar-refractivity contribution in [2.45, 2.75) is 26.8 Å². The van der Waals surface area contributed by atoms with Gasteiger partial charge in [-0.1, -0.05) is 17.7 Å². The number of aryl methyl sites for hydroxylation is 2. The van der Waals surface area contributed by atoms with Crippen LogP contribution in [0.2, 0.25) is 0 Å². The third-order valence-corrected chi connectivity index (χ3v) is 4.19. The number of ether oxygens (including phenoxy) is 1. The standard InChI is InChI=1S/C17H23N3O2S/c1-13-5-7-15(8-6-13)22-10-4-9-18-17(21)20(3)12-16-11-19-14(2)23-16/h5-8,11H,4,9-10,12H2,1-3H3,(H,18,21). The Kier molecular flexibility index (Phi) is 6.40. The first kappa shape index (κ1) is 17.3. The molecule has 0 unspecified atom stereocenters. The molecule has 0 aliphatic rings. The summed E-state index contributed by atoms with van der Waals surface area (Å²) in [6.45, 7) is 5.76. The van der Waals surface area contributed by atoms with E-state index in [1.165, 1.54) is 5.56 Å². The second-order valence-electron chi connectivity index (χ2n) is 5.45. The molecule has 0 aliphatic carbocycles. The molecule has 124 valence electrons. The summed E-state index contributed by atoms with van der Waals surface area (Å²) in [5, 5.41) is 3.91. The maximum absolute atomic E-state index is 12.0. The minimum atomic E-state index is -0.0774. The van der Waals surface area contributed by atoms with Crippen LogP contribution < -0.4 is 10.1 Å². The number of hydrogen-bond acceptors (Lipinski definition) is 4. The van der Waals surface area contributed by atoms with Crippen LogP contribution in [0.15, 0.2) is 30.5 Å². The van der Waals surface area contributed by atoms with E-state index in [-0.39, 0.29) is 6.03 Å². The molecule has 0 aliphatic heterocycles. The number of nitrogens with one attached hydrogen (secondary N) is 1. The lowest BCUT2D eigenvalue weighted by molar-refractivity contribution is 0.206. The number of carbonyl (C=O) groups excluding carboxylic acids is 1. The van der Waals surface area contributed by atoms with E-state index in [1.54, 1.807) is 23.3 Å². The Bertz CT molecular complexity index is 625. The third-order valence-electron chi connectivity index (χ3n) is 3.30. The molecule has 1 heterocycles. The molecular formula is C17H23N3O2S. The SMILES string of the molecule is Cc1ccc(OCCCNC(=O)N(C)Cc2cnc(C)s2)cc1. The van der Waals surface area contributed by atoms with E-state index in [0.717, 1.165) is 22.1 Å². The summed E-state index contributed by atoms with van der Waals surface area (Å²) in [6, 6.07) is 7.88. The molecule has 1 N–H and O–H groups in total. The smallest absolute Gasteiger partial charge is 0.317 e. The Labute approximate surface area is 141 Å². The second kappa shape index (κ2) is 8.53. The van der Waals surface area contributed by atoms with Gasteiger partial charge in [0.2, 0.25) is 0 Å². The van der Waals surface area contributed by atoms with Crippen molar-refractivity contribution in [3.05, 3.63) is 45.9 Å². The van der Waals surface area contributed by atoms with Crippen LogP contribution in [0.3, 0.4) is 0 Å². The number of benzene rings is 1. The molecule has 0 spiro atoms. The average molecular weight is 333 g/mol. The Morgan fingerprint density at radius 1 is 1.30 bits per heavy atom. The maximum Gasteiger partial charge on any atom is 0.317 e. The first-order valence-electron chi connectivity index (χ1n) is 7.64. The summed E-state index contributed by atoms with van der Waals surface area (Å²) in [5.41, 5.74) is 1.21. The van der Waals surface area contributed by atoms with Gasteiger partial charge in [-0.3, -0.25) is 0 Å². The number of urea groups is 1. The van der Waals surface area contributed by atoms with Crippen LogP contribution in [-0.2, 0) is 6.54 Å². The minimum absolute atomic E-state index is 0.0774. The highest BCUT2D eigenvalue weighted by molar-refractivity contribution is 7.11. The molecule has 1 aromatic carbocycles. The molecule has 0 bridgehead atoms. The summed E-state index contributed by atoms with van der Waals surface area (Å²) in [7, 11) is 1.78. The van der Waals surface area contributed by atoms with Gasteiger partial charge in [0.25, 0.3) is 0 Å². The minimum Gasteiger partial charge on any atom is -0.494 e. The Morgan fingerprint density at radius 3 is 2.70 bits per heavy atom. The lowest BCUT2D eigenvalue weighted by atomic mass is 10.2. The van der Waals surface area contributed by atoms with Crippen LogP contribution in [0.5, 0.6) is 5.75 Å². The fourth-order valence-corrected chi connectivity index (χ4v) is 2.86. The molecule has 2 rings (SSSR count). The predicted octanol–water partition coefficient (Wildman–Crippen LogP) is 3.37. The number of aromatic nitrogens is 1. The summed E-state index contributed by atoms with van der Waals surface area (Å²) in [5.74, 6) is 0.861. The topological polar surface area (TPSA) is 54.5 Å². The number of thiazole rings is 1. The monoisotopic (exact) mass is 333 g/mol. The number of amides is 2. The molecule has 2 aromatic rings. The Morgan fingerprint density at radius 2 is 2.04 bits per heavy atom. The average Bonchev–Trinajstić information content (AvgIpc) is 2.93. The number of nitrogens with zero attached hydrogens (tertiary/aromatic N) is 2. The summed E-state index contributed by atoms with van der Waals surface area (Å²) >= 11 is 1.61. The van der Waals surface area contributed by atoms with Crippen molar-refractivity contribution in [2.75, 3.05) is 20.2 Å². The highest BCUT2D eigenvalue weighted by Gasteiger charge is 2.09. The van der Waals surface area contributed by atoms with Gasteiger partial charge in [-0.15, -0.1) is 11.3 Å². The first-order chi connectivity index (χ1) is 11.0. The van der Waals surface area contributed by atoms with E-state index in [0.29, 0.717) is 19.7 Å². The third kappa shape index (κ3) is 5.90. The largest absolute Gasteiger partial charge is 0.494 e. The van der Waals surface area contributed by atoms with Crippen molar-refractivity contribution in [1.82, 2.24) is 15.2 Å². The van der Waals surface area contributed by atoms with E-state index in [2.05, 4.69) is 10.3 Å². The number of carbonyl (C=O) groups is 1. The van der Waals surface area contributed by atoms with Gasteiger partial charge in [-0.25, -0.2) is 9.78 Å². The molecule has 0 saturated carbocycles. The molecule has 0 saturated heterocycles. The highest BCUT2D eigenvalue weighted by Crippen LogP contribution is 2.13. The number of hydrogen-bond donors (Lipinski definition) is 1. The van der Waals surface area contributed by atoms with E-state index in [1.807, 2.05) is 44.3 Å². The molecule has 1 aromatic heterocycles. The van der Waals surface area contributed by atoms with Crippen molar-refractivity contribution in [3.63, 3.8) is 0 Å². The molecule has 6 heteroatoms. The summed E-state index contributed by atoms with van der Waals surface area (Å²) < 4.78 is 5.63. The van der Waals surface area contributed by atoms with Gasteiger partial charge in [0, 0.05) is 24.7 Å².